The molecule has 4 aromatic rings. The van der Waals surface area contributed by atoms with Gasteiger partial charge in [-0.3, -0.25) is 9.59 Å². The number of para-hydroxylation sites is 1. The van der Waals surface area contributed by atoms with Crippen LogP contribution in [-0.2, 0) is 11.3 Å². The average Bonchev–Trinajstić information content (AvgIpc) is 3.11. The topological polar surface area (TPSA) is 91.7 Å². The summed E-state index contributed by atoms with van der Waals surface area (Å²) >= 11 is 0. The summed E-state index contributed by atoms with van der Waals surface area (Å²) in [4.78, 5) is 25.1. The van der Waals surface area contributed by atoms with E-state index in [9.17, 15) is 9.59 Å². The van der Waals surface area contributed by atoms with Gasteiger partial charge in [-0.2, -0.15) is 5.10 Å². The van der Waals surface area contributed by atoms with E-state index >= 15 is 0 Å². The molecule has 3 aromatic carbocycles. The minimum Gasteiger partial charge on any atom is -0.490 e. The zero-order valence-corrected chi connectivity index (χ0v) is 18.8. The van der Waals surface area contributed by atoms with Crippen molar-refractivity contribution in [1.29, 1.82) is 0 Å². The van der Waals surface area contributed by atoms with Crippen molar-refractivity contribution in [2.45, 2.75) is 13.0 Å². The lowest BCUT2D eigenvalue weighted by Crippen LogP contribution is -2.29. The van der Waals surface area contributed by atoms with Crippen LogP contribution in [0.5, 0.6) is 23.0 Å². The molecule has 1 aliphatic heterocycles. The maximum Gasteiger partial charge on any atom is 0.267 e. The maximum atomic E-state index is 12.7. The Hall–Kier alpha value is -4.59. The minimum atomic E-state index is -0.382. The zero-order chi connectivity index (χ0) is 24.0. The fourth-order valence-electron chi connectivity index (χ4n) is 3.64. The Bertz CT molecular complexity index is 1400. The molecule has 0 unspecified atom stereocenters. The van der Waals surface area contributed by atoms with Crippen LogP contribution in [-0.4, -0.2) is 28.9 Å². The Morgan fingerprint density at radius 1 is 0.886 bits per heavy atom. The van der Waals surface area contributed by atoms with Gasteiger partial charge in [0.25, 0.3) is 5.56 Å². The van der Waals surface area contributed by atoms with Gasteiger partial charge < -0.3 is 19.5 Å². The monoisotopic (exact) mass is 469 g/mol. The highest BCUT2D eigenvalue weighted by Gasteiger charge is 2.14. The Kier molecular flexibility index (Phi) is 6.43. The second kappa shape index (κ2) is 10.1. The van der Waals surface area contributed by atoms with E-state index in [1.165, 1.54) is 6.07 Å². The number of nitrogens with zero attached hydrogens (tertiary/aromatic N) is 2. The molecule has 8 heteroatoms. The number of carbonyl (C=O) groups is 1. The van der Waals surface area contributed by atoms with Crippen LogP contribution in [0.2, 0.25) is 0 Å². The van der Waals surface area contributed by atoms with E-state index in [1.807, 2.05) is 48.5 Å². The standard InChI is InChI=1S/C27H23N3O5/c31-26(28-20-6-4-9-22(17-20)35-21-7-2-1-3-8-21)18-30-27(32)13-11-23(29-30)19-10-12-24-25(16-19)34-15-5-14-33-24/h1-4,6-13,16-17H,5,14-15,18H2,(H,28,31). The molecule has 1 amide bonds. The van der Waals surface area contributed by atoms with Gasteiger partial charge in [0.1, 0.15) is 18.0 Å². The number of fused-ring (bicyclic) bond motifs is 1. The first-order chi connectivity index (χ1) is 17.1. The Labute approximate surface area is 201 Å². The van der Waals surface area contributed by atoms with Gasteiger partial charge in [0, 0.05) is 29.8 Å². The molecule has 35 heavy (non-hydrogen) atoms. The SMILES string of the molecule is O=C(Cn1nc(-c2ccc3c(c2)OCCCO3)ccc1=O)Nc1cccc(Oc2ccccc2)c1. The number of benzene rings is 3. The molecule has 0 aliphatic carbocycles. The van der Waals surface area contributed by atoms with Crippen LogP contribution in [0.3, 0.4) is 0 Å². The number of nitrogens with one attached hydrogen (secondary N) is 1. The molecule has 0 saturated heterocycles. The quantitative estimate of drug-likeness (QED) is 0.447. The Balaban J connectivity index is 1.30. The van der Waals surface area contributed by atoms with Crippen molar-refractivity contribution in [1.82, 2.24) is 9.78 Å². The lowest BCUT2D eigenvalue weighted by Gasteiger charge is -2.11. The van der Waals surface area contributed by atoms with Gasteiger partial charge in [-0.25, -0.2) is 4.68 Å². The van der Waals surface area contributed by atoms with E-state index in [0.29, 0.717) is 47.6 Å². The van der Waals surface area contributed by atoms with Crippen LogP contribution in [0.15, 0.2) is 89.7 Å². The predicted octanol–water partition coefficient (Wildman–Crippen LogP) is 4.50. The van der Waals surface area contributed by atoms with Crippen LogP contribution in [0.1, 0.15) is 6.42 Å². The van der Waals surface area contributed by atoms with Crippen LogP contribution in [0, 0.1) is 0 Å². The molecule has 0 fully saturated rings. The van der Waals surface area contributed by atoms with Gasteiger partial charge >= 0.3 is 0 Å². The van der Waals surface area contributed by atoms with E-state index in [4.69, 9.17) is 14.2 Å². The van der Waals surface area contributed by atoms with Crippen molar-refractivity contribution >= 4 is 11.6 Å². The highest BCUT2D eigenvalue weighted by atomic mass is 16.5. The Morgan fingerprint density at radius 3 is 2.54 bits per heavy atom. The Morgan fingerprint density at radius 2 is 1.69 bits per heavy atom. The van der Waals surface area contributed by atoms with Crippen molar-refractivity contribution in [2.24, 2.45) is 0 Å². The summed E-state index contributed by atoms with van der Waals surface area (Å²) in [6, 6.07) is 24.9. The van der Waals surface area contributed by atoms with Crippen molar-refractivity contribution < 1.29 is 19.0 Å². The van der Waals surface area contributed by atoms with E-state index in [2.05, 4.69) is 10.4 Å². The molecule has 1 N–H and O–H groups in total. The molecule has 0 radical (unpaired) electrons. The fourth-order valence-corrected chi connectivity index (χ4v) is 3.64. The van der Waals surface area contributed by atoms with Crippen LogP contribution < -0.4 is 25.1 Å². The van der Waals surface area contributed by atoms with Gasteiger partial charge in [-0.05, 0) is 48.5 Å². The number of hydrogen-bond acceptors (Lipinski definition) is 6. The van der Waals surface area contributed by atoms with Crippen molar-refractivity contribution in [3.8, 4) is 34.3 Å². The molecule has 5 rings (SSSR count). The molecule has 8 nitrogen and oxygen atoms in total. The van der Waals surface area contributed by atoms with Gasteiger partial charge in [0.05, 0.1) is 18.9 Å². The summed E-state index contributed by atoms with van der Waals surface area (Å²) < 4.78 is 18.4. The summed E-state index contributed by atoms with van der Waals surface area (Å²) in [5.74, 6) is 2.21. The van der Waals surface area contributed by atoms with Gasteiger partial charge in [0.2, 0.25) is 5.91 Å². The number of aromatic nitrogens is 2. The van der Waals surface area contributed by atoms with E-state index in [-0.39, 0.29) is 18.0 Å². The number of amides is 1. The zero-order valence-electron chi connectivity index (χ0n) is 18.8. The van der Waals surface area contributed by atoms with E-state index < -0.39 is 0 Å². The molecule has 1 aliphatic rings. The second-order valence-corrected chi connectivity index (χ2v) is 7.92. The van der Waals surface area contributed by atoms with Crippen molar-refractivity contribution in [2.75, 3.05) is 18.5 Å². The summed E-state index contributed by atoms with van der Waals surface area (Å²) in [6.45, 7) is 0.939. The number of carbonyl (C=O) groups excluding carboxylic acids is 1. The number of ether oxygens (including phenoxy) is 3. The number of hydrogen-bond donors (Lipinski definition) is 1. The first-order valence-electron chi connectivity index (χ1n) is 11.2. The minimum absolute atomic E-state index is 0.235. The first kappa shape index (κ1) is 22.2. The number of anilines is 1. The highest BCUT2D eigenvalue weighted by molar-refractivity contribution is 5.90. The van der Waals surface area contributed by atoms with Crippen LogP contribution >= 0.6 is 0 Å². The predicted molar refractivity (Wildman–Crippen MR) is 131 cm³/mol. The van der Waals surface area contributed by atoms with Gasteiger partial charge in [-0.1, -0.05) is 24.3 Å². The molecule has 2 heterocycles. The van der Waals surface area contributed by atoms with Gasteiger partial charge in [-0.15, -0.1) is 0 Å². The van der Waals surface area contributed by atoms with E-state index in [0.717, 1.165) is 16.7 Å². The van der Waals surface area contributed by atoms with Crippen LogP contribution in [0.4, 0.5) is 5.69 Å². The molecule has 0 bridgehead atoms. The smallest absolute Gasteiger partial charge is 0.267 e. The lowest BCUT2D eigenvalue weighted by atomic mass is 10.1. The molecular formula is C27H23N3O5. The van der Waals surface area contributed by atoms with Gasteiger partial charge in [0.15, 0.2) is 11.5 Å². The van der Waals surface area contributed by atoms with E-state index in [1.54, 1.807) is 30.3 Å². The molecule has 0 atom stereocenters. The molecule has 0 spiro atoms. The molecule has 0 saturated carbocycles. The van der Waals surface area contributed by atoms with Crippen molar-refractivity contribution in [3.63, 3.8) is 0 Å². The number of rotatable bonds is 6. The average molecular weight is 469 g/mol. The summed E-state index contributed by atoms with van der Waals surface area (Å²) in [5, 5.41) is 7.19. The highest BCUT2D eigenvalue weighted by Crippen LogP contribution is 2.33. The maximum absolute atomic E-state index is 12.7. The molecule has 1 aromatic heterocycles. The summed E-state index contributed by atoms with van der Waals surface area (Å²) in [6.07, 6.45) is 0.809. The summed E-state index contributed by atoms with van der Waals surface area (Å²) in [5.41, 5.74) is 1.48. The lowest BCUT2D eigenvalue weighted by molar-refractivity contribution is -0.117. The normalized spacial score (nSPS) is 12.5. The molecular weight excluding hydrogens is 446 g/mol. The molecule has 176 valence electrons. The summed E-state index contributed by atoms with van der Waals surface area (Å²) in [7, 11) is 0. The fraction of sp³-hybridized carbons (Fsp3) is 0.148. The second-order valence-electron chi connectivity index (χ2n) is 7.92. The first-order valence-corrected chi connectivity index (χ1v) is 11.2. The third kappa shape index (κ3) is 5.50. The van der Waals surface area contributed by atoms with Crippen molar-refractivity contribution in [3.05, 3.63) is 95.3 Å². The third-order valence-corrected chi connectivity index (χ3v) is 5.30. The third-order valence-electron chi connectivity index (χ3n) is 5.30. The van der Waals surface area contributed by atoms with Crippen LogP contribution in [0.25, 0.3) is 11.3 Å². The largest absolute Gasteiger partial charge is 0.490 e.